The minimum absolute atomic E-state index is 0. The van der Waals surface area contributed by atoms with Crippen LogP contribution in [0.5, 0.6) is 0 Å². The summed E-state index contributed by atoms with van der Waals surface area (Å²) in [6, 6.07) is 0. The van der Waals surface area contributed by atoms with Gasteiger partial charge in [0.1, 0.15) is 0 Å². The Morgan fingerprint density at radius 2 is 1.82 bits per heavy atom. The zero-order valence-corrected chi connectivity index (χ0v) is 12.2. The van der Waals surface area contributed by atoms with Crippen molar-refractivity contribution in [2.24, 2.45) is 11.7 Å². The summed E-state index contributed by atoms with van der Waals surface area (Å²) in [5.74, 6) is 0.680. The molecule has 17 heavy (non-hydrogen) atoms. The van der Waals surface area contributed by atoms with Crippen LogP contribution in [-0.2, 0) is 4.79 Å². The quantitative estimate of drug-likeness (QED) is 0.847. The van der Waals surface area contributed by atoms with Crippen molar-refractivity contribution in [1.82, 2.24) is 4.90 Å². The van der Waals surface area contributed by atoms with Gasteiger partial charge in [0.15, 0.2) is 0 Å². The van der Waals surface area contributed by atoms with Crippen molar-refractivity contribution in [1.29, 1.82) is 0 Å². The average Bonchev–Trinajstić information content (AvgIpc) is 2.25. The highest BCUT2D eigenvalue weighted by Gasteiger charge is 2.37. The van der Waals surface area contributed by atoms with Gasteiger partial charge in [-0.1, -0.05) is 33.1 Å². The highest BCUT2D eigenvalue weighted by Crippen LogP contribution is 2.27. The molecule has 0 saturated heterocycles. The van der Waals surface area contributed by atoms with Crippen molar-refractivity contribution >= 4 is 18.3 Å². The number of likely N-dealkylation sites (N-methyl/N-ethyl adjacent to an activating group) is 1. The number of nitrogens with zero attached hydrogens (tertiary/aromatic N) is 1. The maximum Gasteiger partial charge on any atom is 0.242 e. The molecule has 0 aromatic rings. The van der Waals surface area contributed by atoms with E-state index in [1.54, 1.807) is 0 Å². The van der Waals surface area contributed by atoms with Crippen LogP contribution in [0, 0.1) is 5.92 Å². The summed E-state index contributed by atoms with van der Waals surface area (Å²) >= 11 is 0. The zero-order chi connectivity index (χ0) is 12.2. The van der Waals surface area contributed by atoms with Gasteiger partial charge in [0.05, 0.1) is 5.54 Å². The molecule has 1 aliphatic rings. The van der Waals surface area contributed by atoms with Gasteiger partial charge in [-0.25, -0.2) is 0 Å². The number of amides is 1. The number of rotatable bonds is 4. The molecule has 1 rings (SSSR count). The number of carbonyl (C=O) groups is 1. The van der Waals surface area contributed by atoms with E-state index in [0.717, 1.165) is 38.8 Å². The third-order valence-corrected chi connectivity index (χ3v) is 3.43. The molecular weight excluding hydrogens is 236 g/mol. The summed E-state index contributed by atoms with van der Waals surface area (Å²) in [4.78, 5) is 14.3. The molecule has 0 spiro atoms. The number of carbonyl (C=O) groups excluding carboxylic acids is 1. The van der Waals surface area contributed by atoms with Gasteiger partial charge >= 0.3 is 0 Å². The lowest BCUT2D eigenvalue weighted by Gasteiger charge is -2.37. The molecule has 0 aliphatic heterocycles. The van der Waals surface area contributed by atoms with E-state index in [1.807, 2.05) is 11.8 Å². The highest BCUT2D eigenvalue weighted by molar-refractivity contribution is 5.86. The third-order valence-electron chi connectivity index (χ3n) is 3.43. The van der Waals surface area contributed by atoms with Crippen LogP contribution in [0.25, 0.3) is 0 Å². The Bertz CT molecular complexity index is 238. The first-order chi connectivity index (χ1) is 7.49. The molecule has 3 nitrogen and oxygen atoms in total. The van der Waals surface area contributed by atoms with Gasteiger partial charge in [0, 0.05) is 13.1 Å². The highest BCUT2D eigenvalue weighted by atomic mass is 35.5. The first-order valence-corrected chi connectivity index (χ1v) is 6.58. The Hall–Kier alpha value is -0.280. The molecule has 0 heterocycles. The maximum absolute atomic E-state index is 12.4. The van der Waals surface area contributed by atoms with Crippen LogP contribution in [-0.4, -0.2) is 29.4 Å². The number of halogens is 1. The summed E-state index contributed by atoms with van der Waals surface area (Å²) in [5.41, 5.74) is 5.70. The molecular formula is C13H27ClN2O. The summed E-state index contributed by atoms with van der Waals surface area (Å²) in [6.07, 6.45) is 5.15. The summed E-state index contributed by atoms with van der Waals surface area (Å²) in [7, 11) is 0. The van der Waals surface area contributed by atoms with Gasteiger partial charge in [-0.3, -0.25) is 4.79 Å². The number of hydrogen-bond donors (Lipinski definition) is 1. The molecule has 0 radical (unpaired) electrons. The van der Waals surface area contributed by atoms with Crippen LogP contribution in [0.3, 0.4) is 0 Å². The normalized spacial score (nSPS) is 18.6. The van der Waals surface area contributed by atoms with E-state index < -0.39 is 5.54 Å². The molecule has 0 bridgehead atoms. The van der Waals surface area contributed by atoms with Crippen molar-refractivity contribution in [2.75, 3.05) is 13.1 Å². The lowest BCUT2D eigenvalue weighted by Crippen LogP contribution is -2.56. The second kappa shape index (κ2) is 7.22. The second-order valence-corrected chi connectivity index (χ2v) is 5.45. The van der Waals surface area contributed by atoms with Gasteiger partial charge in [-0.15, -0.1) is 12.4 Å². The number of nitrogens with two attached hydrogens (primary N) is 1. The van der Waals surface area contributed by atoms with Crippen molar-refractivity contribution in [3.8, 4) is 0 Å². The van der Waals surface area contributed by atoms with Crippen LogP contribution in [0.2, 0.25) is 0 Å². The van der Waals surface area contributed by atoms with Gasteiger partial charge in [-0.05, 0) is 25.7 Å². The lowest BCUT2D eigenvalue weighted by molar-refractivity contribution is -0.138. The molecule has 102 valence electrons. The van der Waals surface area contributed by atoms with E-state index in [4.69, 9.17) is 5.73 Å². The fourth-order valence-electron chi connectivity index (χ4n) is 2.51. The standard InChI is InChI=1S/C13H26N2O.ClH/c1-4-15(10-11(2)3)12(16)13(14)8-6-5-7-9-13;/h11H,4-10,14H2,1-3H3;1H. The molecule has 2 N–H and O–H groups in total. The number of hydrogen-bond acceptors (Lipinski definition) is 2. The minimum atomic E-state index is -0.566. The molecule has 0 aromatic carbocycles. The fraction of sp³-hybridized carbons (Fsp3) is 0.923. The smallest absolute Gasteiger partial charge is 0.242 e. The molecule has 0 aromatic heterocycles. The van der Waals surface area contributed by atoms with Crippen molar-refractivity contribution in [3.05, 3.63) is 0 Å². The predicted octanol–water partition coefficient (Wildman–Crippen LogP) is 2.57. The summed E-state index contributed by atoms with van der Waals surface area (Å²) < 4.78 is 0. The molecule has 1 fully saturated rings. The van der Waals surface area contributed by atoms with Gasteiger partial charge in [-0.2, -0.15) is 0 Å². The Balaban J connectivity index is 0.00000256. The van der Waals surface area contributed by atoms with E-state index in [1.165, 1.54) is 6.42 Å². The van der Waals surface area contributed by atoms with E-state index in [-0.39, 0.29) is 18.3 Å². The molecule has 1 amide bonds. The molecule has 4 heteroatoms. The first kappa shape index (κ1) is 16.7. The Labute approximate surface area is 112 Å². The monoisotopic (exact) mass is 262 g/mol. The molecule has 1 saturated carbocycles. The SMILES string of the molecule is CCN(CC(C)C)C(=O)C1(N)CCCCC1.Cl. The maximum atomic E-state index is 12.4. The Kier molecular flexibility index (Phi) is 7.10. The molecule has 0 atom stereocenters. The van der Waals surface area contributed by atoms with E-state index in [2.05, 4.69) is 13.8 Å². The Morgan fingerprint density at radius 1 is 1.29 bits per heavy atom. The van der Waals surface area contributed by atoms with Crippen LogP contribution in [0.4, 0.5) is 0 Å². The van der Waals surface area contributed by atoms with E-state index in [0.29, 0.717) is 5.92 Å². The topological polar surface area (TPSA) is 46.3 Å². The zero-order valence-electron chi connectivity index (χ0n) is 11.4. The van der Waals surface area contributed by atoms with Crippen LogP contribution < -0.4 is 5.73 Å². The van der Waals surface area contributed by atoms with Crippen LogP contribution >= 0.6 is 12.4 Å². The van der Waals surface area contributed by atoms with E-state index in [9.17, 15) is 4.79 Å². The summed E-state index contributed by atoms with van der Waals surface area (Å²) in [5, 5.41) is 0. The van der Waals surface area contributed by atoms with Crippen molar-refractivity contribution in [3.63, 3.8) is 0 Å². The first-order valence-electron chi connectivity index (χ1n) is 6.58. The van der Waals surface area contributed by atoms with Crippen molar-refractivity contribution < 1.29 is 4.79 Å². The molecule has 1 aliphatic carbocycles. The van der Waals surface area contributed by atoms with Crippen molar-refractivity contribution in [2.45, 2.75) is 58.4 Å². The largest absolute Gasteiger partial charge is 0.341 e. The van der Waals surface area contributed by atoms with Gasteiger partial charge in [0.2, 0.25) is 5.91 Å². The van der Waals surface area contributed by atoms with Crippen LogP contribution in [0.15, 0.2) is 0 Å². The lowest BCUT2D eigenvalue weighted by atomic mass is 9.81. The van der Waals surface area contributed by atoms with Gasteiger partial charge < -0.3 is 10.6 Å². The van der Waals surface area contributed by atoms with Gasteiger partial charge in [0.25, 0.3) is 0 Å². The fourth-order valence-corrected chi connectivity index (χ4v) is 2.51. The Morgan fingerprint density at radius 3 is 2.24 bits per heavy atom. The van der Waals surface area contributed by atoms with Crippen LogP contribution in [0.1, 0.15) is 52.9 Å². The van der Waals surface area contributed by atoms with E-state index >= 15 is 0 Å². The molecule has 0 unspecified atom stereocenters. The summed E-state index contributed by atoms with van der Waals surface area (Å²) in [6.45, 7) is 7.91. The predicted molar refractivity (Wildman–Crippen MR) is 74.3 cm³/mol. The second-order valence-electron chi connectivity index (χ2n) is 5.45. The third kappa shape index (κ3) is 4.47. The minimum Gasteiger partial charge on any atom is -0.341 e. The average molecular weight is 263 g/mol.